The Morgan fingerprint density at radius 2 is 2.47 bits per heavy atom. The summed E-state index contributed by atoms with van der Waals surface area (Å²) in [6.45, 7) is 0. The molecule has 1 amide bonds. The van der Waals surface area contributed by atoms with Crippen molar-refractivity contribution in [1.29, 1.82) is 5.26 Å². The maximum absolute atomic E-state index is 11.4. The quantitative estimate of drug-likeness (QED) is 0.622. The van der Waals surface area contributed by atoms with E-state index in [0.29, 0.717) is 11.6 Å². The summed E-state index contributed by atoms with van der Waals surface area (Å²) in [4.78, 5) is 12.3. The summed E-state index contributed by atoms with van der Waals surface area (Å²) >= 11 is 1.46. The fourth-order valence-electron chi connectivity index (χ4n) is 1.19. The number of allylic oxidation sites excluding steroid dienone is 1. The lowest BCUT2D eigenvalue weighted by molar-refractivity contribution is -0.116. The highest BCUT2D eigenvalue weighted by Crippen LogP contribution is 2.21. The summed E-state index contributed by atoms with van der Waals surface area (Å²) in [5, 5.41) is 13.6. The zero-order valence-electron chi connectivity index (χ0n) is 8.06. The van der Waals surface area contributed by atoms with Gasteiger partial charge in [-0.25, -0.2) is 0 Å². The number of nitrogens with zero attached hydrogens (tertiary/aromatic N) is 1. The molecule has 3 nitrogen and oxygen atoms in total. The Labute approximate surface area is 92.0 Å². The molecule has 76 valence electrons. The predicted octanol–water partition coefficient (Wildman–Crippen LogP) is 1.93. The van der Waals surface area contributed by atoms with Gasteiger partial charge in [-0.3, -0.25) is 4.79 Å². The third-order valence-electron chi connectivity index (χ3n) is 2.11. The van der Waals surface area contributed by atoms with Gasteiger partial charge in [0.15, 0.2) is 0 Å². The molecular weight excluding hydrogens is 208 g/mol. The maximum atomic E-state index is 11.4. The van der Waals surface area contributed by atoms with E-state index in [9.17, 15) is 4.79 Å². The van der Waals surface area contributed by atoms with Gasteiger partial charge in [-0.05, 0) is 24.3 Å². The summed E-state index contributed by atoms with van der Waals surface area (Å²) in [6, 6.07) is 6.07. The summed E-state index contributed by atoms with van der Waals surface area (Å²) < 4.78 is 0. The number of carbonyl (C=O) groups is 1. The van der Waals surface area contributed by atoms with Crippen LogP contribution < -0.4 is 5.32 Å². The third kappa shape index (κ3) is 2.67. The molecule has 0 atom stereocenters. The molecule has 0 spiro atoms. The number of hydrogen-bond acceptors (Lipinski definition) is 3. The topological polar surface area (TPSA) is 52.9 Å². The Hall–Kier alpha value is -1.60. The Balaban J connectivity index is 2.08. The van der Waals surface area contributed by atoms with E-state index in [1.807, 2.05) is 23.6 Å². The van der Waals surface area contributed by atoms with Gasteiger partial charge in [-0.15, -0.1) is 11.3 Å². The molecule has 1 aromatic heterocycles. The maximum Gasteiger partial charge on any atom is 0.245 e. The average Bonchev–Trinajstić information content (AvgIpc) is 2.86. The van der Waals surface area contributed by atoms with Gasteiger partial charge in [0, 0.05) is 17.0 Å². The van der Waals surface area contributed by atoms with Crippen LogP contribution >= 0.6 is 11.3 Å². The van der Waals surface area contributed by atoms with Gasteiger partial charge >= 0.3 is 0 Å². The van der Waals surface area contributed by atoms with Gasteiger partial charge in [0.2, 0.25) is 5.91 Å². The van der Waals surface area contributed by atoms with E-state index in [-0.39, 0.29) is 5.91 Å². The molecule has 1 aliphatic carbocycles. The first-order valence-corrected chi connectivity index (χ1v) is 5.64. The highest BCUT2D eigenvalue weighted by atomic mass is 32.1. The van der Waals surface area contributed by atoms with Crippen LogP contribution in [0.1, 0.15) is 17.7 Å². The standard InChI is InChI=1S/C11H10N2OS/c12-7-8(10-2-1-5-15-10)6-11(14)13-9-3-4-9/h1-2,5-6,9H,3-4H2,(H,13,14)/b8-6+. The molecule has 4 heteroatoms. The number of carbonyl (C=O) groups excluding carboxylic acids is 1. The fourth-order valence-corrected chi connectivity index (χ4v) is 1.88. The lowest BCUT2D eigenvalue weighted by atomic mass is 10.2. The Morgan fingerprint density at radius 1 is 1.67 bits per heavy atom. The van der Waals surface area contributed by atoms with Crippen LogP contribution in [-0.2, 0) is 4.79 Å². The van der Waals surface area contributed by atoms with Gasteiger partial charge in [-0.2, -0.15) is 5.26 Å². The van der Waals surface area contributed by atoms with E-state index in [2.05, 4.69) is 5.32 Å². The number of hydrogen-bond donors (Lipinski definition) is 1. The lowest BCUT2D eigenvalue weighted by Gasteiger charge is -1.98. The monoisotopic (exact) mass is 218 g/mol. The molecule has 0 unspecified atom stereocenters. The SMILES string of the molecule is N#C/C(=C\C(=O)NC1CC1)c1cccs1. The second-order valence-corrected chi connectivity index (χ2v) is 4.38. The van der Waals surface area contributed by atoms with E-state index in [1.165, 1.54) is 17.4 Å². The summed E-state index contributed by atoms with van der Waals surface area (Å²) in [5.41, 5.74) is 0.433. The van der Waals surface area contributed by atoms with Crippen molar-refractivity contribution >= 4 is 22.8 Å². The minimum atomic E-state index is -0.164. The minimum absolute atomic E-state index is 0.164. The smallest absolute Gasteiger partial charge is 0.245 e. The van der Waals surface area contributed by atoms with Crippen molar-refractivity contribution in [2.75, 3.05) is 0 Å². The molecule has 1 aliphatic rings. The molecule has 0 aliphatic heterocycles. The second-order valence-electron chi connectivity index (χ2n) is 3.43. The largest absolute Gasteiger partial charge is 0.350 e. The summed E-state index contributed by atoms with van der Waals surface area (Å²) in [7, 11) is 0. The molecule has 1 heterocycles. The number of thiophene rings is 1. The molecule has 1 saturated carbocycles. The van der Waals surface area contributed by atoms with Crippen molar-refractivity contribution in [2.24, 2.45) is 0 Å². The predicted molar refractivity (Wildman–Crippen MR) is 59.1 cm³/mol. The lowest BCUT2D eigenvalue weighted by Crippen LogP contribution is -2.23. The Bertz CT molecular complexity index is 424. The van der Waals surface area contributed by atoms with Crippen molar-refractivity contribution in [2.45, 2.75) is 18.9 Å². The zero-order valence-corrected chi connectivity index (χ0v) is 8.88. The van der Waals surface area contributed by atoms with Crippen LogP contribution in [0.4, 0.5) is 0 Å². The average molecular weight is 218 g/mol. The van der Waals surface area contributed by atoms with Crippen LogP contribution in [0, 0.1) is 11.3 Å². The molecular formula is C11H10N2OS. The van der Waals surface area contributed by atoms with Crippen molar-refractivity contribution < 1.29 is 4.79 Å². The molecule has 0 radical (unpaired) electrons. The minimum Gasteiger partial charge on any atom is -0.350 e. The van der Waals surface area contributed by atoms with Crippen LogP contribution in [0.25, 0.3) is 5.57 Å². The van der Waals surface area contributed by atoms with E-state index in [0.717, 1.165) is 17.7 Å². The number of amides is 1. The first kappa shape index (κ1) is 9.94. The fraction of sp³-hybridized carbons (Fsp3) is 0.273. The van der Waals surface area contributed by atoms with Gasteiger partial charge in [-0.1, -0.05) is 6.07 Å². The third-order valence-corrected chi connectivity index (χ3v) is 3.01. The Kier molecular flexibility index (Phi) is 2.84. The number of rotatable bonds is 3. The molecule has 0 saturated heterocycles. The molecule has 1 fully saturated rings. The normalized spacial score (nSPS) is 15.8. The van der Waals surface area contributed by atoms with Gasteiger partial charge in [0.25, 0.3) is 0 Å². The van der Waals surface area contributed by atoms with Crippen LogP contribution in [0.3, 0.4) is 0 Å². The van der Waals surface area contributed by atoms with Crippen LogP contribution in [0.2, 0.25) is 0 Å². The number of nitriles is 1. The van der Waals surface area contributed by atoms with Crippen molar-refractivity contribution in [3.63, 3.8) is 0 Å². The van der Waals surface area contributed by atoms with Crippen molar-refractivity contribution in [3.8, 4) is 6.07 Å². The summed E-state index contributed by atoms with van der Waals surface area (Å²) in [6.07, 6.45) is 3.49. The molecule has 0 bridgehead atoms. The van der Waals surface area contributed by atoms with Crippen LogP contribution in [0.5, 0.6) is 0 Å². The van der Waals surface area contributed by atoms with Crippen molar-refractivity contribution in [1.82, 2.24) is 5.32 Å². The van der Waals surface area contributed by atoms with Crippen LogP contribution in [0.15, 0.2) is 23.6 Å². The first-order valence-electron chi connectivity index (χ1n) is 4.76. The highest BCUT2D eigenvalue weighted by Gasteiger charge is 2.22. The van der Waals surface area contributed by atoms with E-state index < -0.39 is 0 Å². The zero-order chi connectivity index (χ0) is 10.7. The molecule has 0 aromatic carbocycles. The molecule has 15 heavy (non-hydrogen) atoms. The van der Waals surface area contributed by atoms with Gasteiger partial charge in [0.1, 0.15) is 6.07 Å². The van der Waals surface area contributed by atoms with Crippen LogP contribution in [-0.4, -0.2) is 11.9 Å². The van der Waals surface area contributed by atoms with Gasteiger partial charge in [0.05, 0.1) is 5.57 Å². The number of nitrogens with one attached hydrogen (secondary N) is 1. The molecule has 2 rings (SSSR count). The van der Waals surface area contributed by atoms with E-state index in [1.54, 1.807) is 0 Å². The van der Waals surface area contributed by atoms with E-state index in [4.69, 9.17) is 5.26 Å². The van der Waals surface area contributed by atoms with Crippen molar-refractivity contribution in [3.05, 3.63) is 28.5 Å². The van der Waals surface area contributed by atoms with Gasteiger partial charge < -0.3 is 5.32 Å². The summed E-state index contributed by atoms with van der Waals surface area (Å²) in [5.74, 6) is -0.164. The molecule has 1 aromatic rings. The Morgan fingerprint density at radius 3 is 3.00 bits per heavy atom. The van der Waals surface area contributed by atoms with E-state index >= 15 is 0 Å². The highest BCUT2D eigenvalue weighted by molar-refractivity contribution is 7.11. The first-order chi connectivity index (χ1) is 7.29. The second kappa shape index (κ2) is 4.28. The molecule has 1 N–H and O–H groups in total.